The molecule has 0 unspecified atom stereocenters. The molecule has 0 saturated carbocycles. The van der Waals surface area contributed by atoms with Gasteiger partial charge in [0.15, 0.2) is 0 Å². The number of amides is 2. The molecule has 2 atom stereocenters. The number of hydrogen-bond donors (Lipinski definition) is 2. The Hall–Kier alpha value is -2.38. The number of carbonyl (C=O) groups excluding carboxylic acids is 3. The van der Waals surface area contributed by atoms with Crippen LogP contribution in [-0.4, -0.2) is 17.8 Å². The second-order valence-electron chi connectivity index (χ2n) is 6.69. The third kappa shape index (κ3) is 3.84. The summed E-state index contributed by atoms with van der Waals surface area (Å²) in [7, 11) is 0. The van der Waals surface area contributed by atoms with Crippen molar-refractivity contribution in [3.63, 3.8) is 0 Å². The first kappa shape index (κ1) is 19.4. The van der Waals surface area contributed by atoms with Crippen molar-refractivity contribution in [2.45, 2.75) is 26.7 Å². The molecule has 0 radical (unpaired) electrons. The molecule has 1 aliphatic carbocycles. The normalized spacial score (nSPS) is 19.8. The predicted octanol–water partition coefficient (Wildman–Crippen LogP) is 2.43. The van der Waals surface area contributed by atoms with Crippen LogP contribution in [0.15, 0.2) is 35.4 Å². The molecule has 0 spiro atoms. The molecule has 2 N–H and O–H groups in total. The summed E-state index contributed by atoms with van der Waals surface area (Å²) < 4.78 is 0.861. The van der Waals surface area contributed by atoms with Crippen molar-refractivity contribution in [2.24, 2.45) is 11.8 Å². The van der Waals surface area contributed by atoms with Gasteiger partial charge in [-0.05, 0) is 32.8 Å². The van der Waals surface area contributed by atoms with Crippen LogP contribution in [0, 0.1) is 11.8 Å². The summed E-state index contributed by atoms with van der Waals surface area (Å²) in [6.07, 6.45) is 0.582. The number of carbonyl (C=O) groups is 3. The van der Waals surface area contributed by atoms with Crippen molar-refractivity contribution in [2.75, 3.05) is 0 Å². The standard InChI is InChI=1S/C19H19ClN2O4S/c1-9-7-12(13(19(25)26)8-10(9)2)17(23)21-22-18(24)16-15(20)11-5-3-4-6-14(11)27-16/h3-6,12-13H,7-8H2,1-2H3,(H,21,23)(H,22,24)(H,25,26)/p-1/t12-,13-/m1/s1. The number of halogens is 1. The summed E-state index contributed by atoms with van der Waals surface area (Å²) in [6.45, 7) is 3.72. The van der Waals surface area contributed by atoms with Gasteiger partial charge in [-0.15, -0.1) is 11.3 Å². The topological polar surface area (TPSA) is 98.3 Å². The lowest BCUT2D eigenvalue weighted by Crippen LogP contribution is -2.49. The lowest BCUT2D eigenvalue weighted by atomic mass is 9.76. The third-order valence-electron chi connectivity index (χ3n) is 4.95. The zero-order valence-electron chi connectivity index (χ0n) is 14.8. The van der Waals surface area contributed by atoms with Gasteiger partial charge in [-0.1, -0.05) is 40.9 Å². The van der Waals surface area contributed by atoms with E-state index in [1.165, 1.54) is 11.3 Å². The van der Waals surface area contributed by atoms with Crippen molar-refractivity contribution in [3.8, 4) is 0 Å². The molecular weight excluding hydrogens is 388 g/mol. The van der Waals surface area contributed by atoms with Crippen LogP contribution in [-0.2, 0) is 9.59 Å². The van der Waals surface area contributed by atoms with Gasteiger partial charge in [-0.3, -0.25) is 20.4 Å². The average Bonchev–Trinajstić information content (AvgIpc) is 2.98. The Morgan fingerprint density at radius 2 is 1.70 bits per heavy atom. The third-order valence-corrected chi connectivity index (χ3v) is 6.62. The maximum atomic E-state index is 12.5. The molecule has 1 aromatic carbocycles. The van der Waals surface area contributed by atoms with Crippen LogP contribution in [0.4, 0.5) is 0 Å². The van der Waals surface area contributed by atoms with Crippen molar-refractivity contribution < 1.29 is 19.5 Å². The zero-order chi connectivity index (χ0) is 19.7. The molecule has 3 rings (SSSR count). The van der Waals surface area contributed by atoms with Crippen LogP contribution in [0.2, 0.25) is 5.02 Å². The van der Waals surface area contributed by atoms with Crippen LogP contribution < -0.4 is 16.0 Å². The highest BCUT2D eigenvalue weighted by Crippen LogP contribution is 2.35. The van der Waals surface area contributed by atoms with Gasteiger partial charge in [0.2, 0.25) is 5.91 Å². The first-order chi connectivity index (χ1) is 12.8. The first-order valence-electron chi connectivity index (χ1n) is 8.43. The molecule has 142 valence electrons. The lowest BCUT2D eigenvalue weighted by molar-refractivity contribution is -0.313. The Balaban J connectivity index is 1.71. The Morgan fingerprint density at radius 1 is 1.07 bits per heavy atom. The van der Waals surface area contributed by atoms with Crippen LogP contribution in [0.1, 0.15) is 36.4 Å². The van der Waals surface area contributed by atoms with E-state index in [1.807, 2.05) is 38.1 Å². The van der Waals surface area contributed by atoms with E-state index >= 15 is 0 Å². The van der Waals surface area contributed by atoms with E-state index in [1.54, 1.807) is 0 Å². The molecule has 0 fully saturated rings. The summed E-state index contributed by atoms with van der Waals surface area (Å²) in [5.41, 5.74) is 6.61. The number of hydrogen-bond acceptors (Lipinski definition) is 5. The van der Waals surface area contributed by atoms with E-state index in [2.05, 4.69) is 10.9 Å². The largest absolute Gasteiger partial charge is 0.550 e. The van der Waals surface area contributed by atoms with Crippen molar-refractivity contribution >= 4 is 50.8 Å². The summed E-state index contributed by atoms with van der Waals surface area (Å²) in [5, 5.41) is 12.5. The fourth-order valence-electron chi connectivity index (χ4n) is 3.24. The Labute approximate surface area is 165 Å². The molecule has 1 heterocycles. The number of rotatable bonds is 3. The fraction of sp³-hybridized carbons (Fsp3) is 0.316. The number of thiophene rings is 1. The van der Waals surface area contributed by atoms with E-state index in [-0.39, 0.29) is 11.3 Å². The number of allylic oxidation sites excluding steroid dienone is 2. The van der Waals surface area contributed by atoms with Gasteiger partial charge in [-0.25, -0.2) is 0 Å². The minimum Gasteiger partial charge on any atom is -0.550 e. The number of carboxylic acids is 1. The van der Waals surface area contributed by atoms with E-state index < -0.39 is 29.6 Å². The molecular formula is C19H18ClN2O4S-. The number of carboxylic acid groups (broad SMARTS) is 1. The minimum atomic E-state index is -1.26. The quantitative estimate of drug-likeness (QED) is 0.605. The molecule has 1 aromatic heterocycles. The smallest absolute Gasteiger partial charge is 0.281 e. The van der Waals surface area contributed by atoms with Gasteiger partial charge in [0.25, 0.3) is 5.91 Å². The van der Waals surface area contributed by atoms with Crippen molar-refractivity contribution in [1.82, 2.24) is 10.9 Å². The monoisotopic (exact) mass is 405 g/mol. The van der Waals surface area contributed by atoms with Crippen molar-refractivity contribution in [3.05, 3.63) is 45.3 Å². The number of aliphatic carboxylic acids is 1. The molecule has 2 aromatic rings. The maximum absolute atomic E-state index is 12.5. The van der Waals surface area contributed by atoms with Crippen LogP contribution in [0.3, 0.4) is 0 Å². The Bertz CT molecular complexity index is 966. The van der Waals surface area contributed by atoms with E-state index in [0.717, 1.165) is 21.2 Å². The summed E-state index contributed by atoms with van der Waals surface area (Å²) in [5.74, 6) is -4.07. The number of fused-ring (bicyclic) bond motifs is 1. The van der Waals surface area contributed by atoms with Gasteiger partial charge >= 0.3 is 0 Å². The van der Waals surface area contributed by atoms with E-state index in [4.69, 9.17) is 11.6 Å². The van der Waals surface area contributed by atoms with Crippen molar-refractivity contribution in [1.29, 1.82) is 0 Å². The molecule has 0 aliphatic heterocycles. The SMILES string of the molecule is CC1=C(C)C[C@@H](C(=O)NNC(=O)c2sc3ccccc3c2Cl)[C@H](C(=O)[O-])C1. The number of benzene rings is 1. The number of hydrazine groups is 1. The minimum absolute atomic E-state index is 0.266. The summed E-state index contributed by atoms with van der Waals surface area (Å²) in [4.78, 5) is 36.6. The van der Waals surface area contributed by atoms with Crippen LogP contribution in [0.25, 0.3) is 10.1 Å². The highest BCUT2D eigenvalue weighted by Gasteiger charge is 2.33. The molecule has 8 heteroatoms. The molecule has 27 heavy (non-hydrogen) atoms. The summed E-state index contributed by atoms with van der Waals surface area (Å²) in [6, 6.07) is 7.34. The van der Waals surface area contributed by atoms with Crippen LogP contribution in [0.5, 0.6) is 0 Å². The Kier molecular flexibility index (Phi) is 5.53. The molecule has 6 nitrogen and oxygen atoms in total. The predicted molar refractivity (Wildman–Crippen MR) is 102 cm³/mol. The summed E-state index contributed by atoms with van der Waals surface area (Å²) >= 11 is 7.48. The van der Waals surface area contributed by atoms with Crippen LogP contribution >= 0.6 is 22.9 Å². The average molecular weight is 406 g/mol. The lowest BCUT2D eigenvalue weighted by Gasteiger charge is -2.32. The molecule has 2 amide bonds. The number of nitrogens with one attached hydrogen (secondary N) is 2. The molecule has 1 aliphatic rings. The Morgan fingerprint density at radius 3 is 2.33 bits per heavy atom. The highest BCUT2D eigenvalue weighted by atomic mass is 35.5. The highest BCUT2D eigenvalue weighted by molar-refractivity contribution is 7.21. The first-order valence-corrected chi connectivity index (χ1v) is 9.62. The molecule has 0 saturated heterocycles. The second-order valence-corrected chi connectivity index (χ2v) is 8.12. The van der Waals surface area contributed by atoms with Gasteiger partial charge in [0.05, 0.1) is 10.9 Å². The van der Waals surface area contributed by atoms with E-state index in [9.17, 15) is 19.5 Å². The zero-order valence-corrected chi connectivity index (χ0v) is 16.4. The van der Waals surface area contributed by atoms with Gasteiger partial charge in [0, 0.05) is 22.0 Å². The van der Waals surface area contributed by atoms with Gasteiger partial charge in [-0.2, -0.15) is 0 Å². The van der Waals surface area contributed by atoms with E-state index in [0.29, 0.717) is 11.4 Å². The fourth-order valence-corrected chi connectivity index (χ4v) is 4.66. The van der Waals surface area contributed by atoms with Gasteiger partial charge in [0.1, 0.15) is 4.88 Å². The molecule has 0 bridgehead atoms. The second kappa shape index (κ2) is 7.70. The maximum Gasteiger partial charge on any atom is 0.281 e. The van der Waals surface area contributed by atoms with Gasteiger partial charge < -0.3 is 9.90 Å².